The fourth-order valence-electron chi connectivity index (χ4n) is 2.13. The van der Waals surface area contributed by atoms with E-state index in [0.717, 1.165) is 0 Å². The molecule has 23 heavy (non-hydrogen) atoms. The summed E-state index contributed by atoms with van der Waals surface area (Å²) in [5.41, 5.74) is -1.63. The molecular weight excluding hydrogens is 301 g/mol. The third-order valence-electron chi connectivity index (χ3n) is 3.17. The molecule has 0 aliphatic carbocycles. The highest BCUT2D eigenvalue weighted by Gasteiger charge is 2.50. The minimum absolute atomic E-state index is 0.198. The normalized spacial score (nSPS) is 20.7. The van der Waals surface area contributed by atoms with E-state index in [9.17, 15) is 14.4 Å². The van der Waals surface area contributed by atoms with E-state index < -0.39 is 29.2 Å². The molecule has 0 spiro atoms. The van der Waals surface area contributed by atoms with Crippen molar-refractivity contribution >= 4 is 31.0 Å². The van der Waals surface area contributed by atoms with E-state index in [2.05, 4.69) is 16.0 Å². The molecule has 1 aliphatic rings. The van der Waals surface area contributed by atoms with Gasteiger partial charge in [-0.3, -0.25) is 10.1 Å². The van der Waals surface area contributed by atoms with E-state index in [1.165, 1.54) is 0 Å². The lowest BCUT2D eigenvalue weighted by molar-refractivity contribution is -0.124. The predicted molar refractivity (Wildman–Crippen MR) is 82.5 cm³/mol. The van der Waals surface area contributed by atoms with Gasteiger partial charge in [0.05, 0.1) is 12.2 Å². The van der Waals surface area contributed by atoms with Gasteiger partial charge in [0, 0.05) is 0 Å². The Labute approximate surface area is 134 Å². The molecule has 1 atom stereocenters. The van der Waals surface area contributed by atoms with Crippen molar-refractivity contribution in [2.75, 3.05) is 6.54 Å². The van der Waals surface area contributed by atoms with Crippen LogP contribution in [0.5, 0.6) is 0 Å². The van der Waals surface area contributed by atoms with E-state index in [1.54, 1.807) is 47.0 Å². The predicted octanol–water partition coefficient (Wildman–Crippen LogP) is 0.217. The molecule has 0 bridgehead atoms. The van der Waals surface area contributed by atoms with E-state index in [0.29, 0.717) is 5.66 Å². The number of carbonyl (C=O) groups is 3. The summed E-state index contributed by atoms with van der Waals surface area (Å²) in [4.78, 5) is 35.6. The molecular formula is C14H19BN3O5. The van der Waals surface area contributed by atoms with Gasteiger partial charge in [-0.15, -0.1) is 0 Å². The first-order valence-corrected chi connectivity index (χ1v) is 7.16. The topological polar surface area (TPSA) is 110 Å². The number of amides is 4. The molecule has 8 nitrogen and oxygen atoms in total. The molecule has 1 radical (unpaired) electrons. The van der Waals surface area contributed by atoms with Crippen LogP contribution < -0.4 is 21.6 Å². The van der Waals surface area contributed by atoms with Crippen LogP contribution in [0.25, 0.3) is 0 Å². The zero-order valence-corrected chi connectivity index (χ0v) is 13.5. The number of carbonyl (C=O) groups excluding carboxylic acids is 3. The van der Waals surface area contributed by atoms with Gasteiger partial charge in [-0.1, -0.05) is 6.82 Å². The summed E-state index contributed by atoms with van der Waals surface area (Å²) in [6, 6.07) is 2.60. The second-order valence-corrected chi connectivity index (χ2v) is 6.16. The number of hydrogen-bond acceptors (Lipinski definition) is 5. The van der Waals surface area contributed by atoms with Crippen LogP contribution in [0.1, 0.15) is 26.5 Å². The Balaban J connectivity index is 2.20. The lowest BCUT2D eigenvalue weighted by Crippen LogP contribution is -2.53. The summed E-state index contributed by atoms with van der Waals surface area (Å²) in [7, 11) is 1.72. The highest BCUT2D eigenvalue weighted by molar-refractivity contribution is 6.50. The Bertz CT molecular complexity index is 637. The maximum atomic E-state index is 12.2. The van der Waals surface area contributed by atoms with Gasteiger partial charge >= 0.3 is 12.1 Å². The molecule has 9 heteroatoms. The first-order valence-electron chi connectivity index (χ1n) is 7.16. The van der Waals surface area contributed by atoms with Gasteiger partial charge in [-0.25, -0.2) is 9.59 Å². The van der Waals surface area contributed by atoms with Crippen molar-refractivity contribution in [2.45, 2.75) is 38.7 Å². The number of nitrogens with one attached hydrogen (secondary N) is 3. The molecule has 1 unspecified atom stereocenters. The van der Waals surface area contributed by atoms with Crippen molar-refractivity contribution in [3.05, 3.63) is 17.9 Å². The maximum absolute atomic E-state index is 12.2. The number of ether oxygens (including phenoxy) is 1. The zero-order chi connectivity index (χ0) is 17.3. The van der Waals surface area contributed by atoms with Crippen molar-refractivity contribution in [3.63, 3.8) is 0 Å². The molecule has 1 aromatic heterocycles. The molecule has 3 N–H and O–H groups in total. The van der Waals surface area contributed by atoms with Gasteiger partial charge in [0.1, 0.15) is 11.4 Å². The molecule has 0 aromatic carbocycles. The van der Waals surface area contributed by atoms with Crippen molar-refractivity contribution in [2.24, 2.45) is 0 Å². The molecule has 1 aliphatic heterocycles. The van der Waals surface area contributed by atoms with Gasteiger partial charge in [-0.2, -0.15) is 0 Å². The molecule has 4 amide bonds. The minimum Gasteiger partial charge on any atom is -0.474 e. The van der Waals surface area contributed by atoms with Crippen molar-refractivity contribution in [3.8, 4) is 0 Å². The minimum atomic E-state index is -1.50. The second kappa shape index (κ2) is 5.98. The van der Waals surface area contributed by atoms with Crippen LogP contribution in [-0.2, 0) is 15.1 Å². The molecule has 0 saturated carbocycles. The molecule has 1 aromatic rings. The standard InChI is InChI=1S/C14H19BN3O5/c1-13(2,3)23-12(21)16-7-14(10(19)17-11(20)18-14)8-5-6-9(15-4)22-8/h5-6H,7H2,1-4H3,(H,16,21)(H2,17,18,19,20). The third kappa shape index (κ3) is 3.66. The highest BCUT2D eigenvalue weighted by atomic mass is 16.6. The average Bonchev–Trinajstić information content (AvgIpc) is 3.00. The van der Waals surface area contributed by atoms with Crippen molar-refractivity contribution in [1.29, 1.82) is 0 Å². The largest absolute Gasteiger partial charge is 0.474 e. The van der Waals surface area contributed by atoms with Gasteiger partial charge in [-0.05, 0) is 32.9 Å². The Morgan fingerprint density at radius 1 is 1.39 bits per heavy atom. The van der Waals surface area contributed by atoms with Gasteiger partial charge in [0.25, 0.3) is 5.91 Å². The first-order chi connectivity index (χ1) is 10.7. The Hall–Kier alpha value is -2.45. The fraction of sp³-hybridized carbons (Fsp3) is 0.500. The van der Waals surface area contributed by atoms with E-state index in [1.807, 2.05) is 0 Å². The maximum Gasteiger partial charge on any atom is 0.407 e. The first kappa shape index (κ1) is 16.9. The summed E-state index contributed by atoms with van der Waals surface area (Å²) in [5.74, 6) is -0.374. The SMILES string of the molecule is C[B]c1ccc(C2(CNC(=O)OC(C)(C)C)NC(=O)NC2=O)o1. The Morgan fingerprint density at radius 3 is 2.57 bits per heavy atom. The smallest absolute Gasteiger partial charge is 0.407 e. The molecule has 2 rings (SSSR count). The zero-order valence-electron chi connectivity index (χ0n) is 13.5. The van der Waals surface area contributed by atoms with Crippen LogP contribution in [0.2, 0.25) is 6.82 Å². The van der Waals surface area contributed by atoms with Gasteiger partial charge < -0.3 is 19.8 Å². The summed E-state index contributed by atoms with van der Waals surface area (Å²) >= 11 is 0. The monoisotopic (exact) mass is 320 g/mol. The van der Waals surface area contributed by atoms with Crippen LogP contribution in [0.3, 0.4) is 0 Å². The number of alkyl carbamates (subject to hydrolysis) is 1. The van der Waals surface area contributed by atoms with E-state index in [-0.39, 0.29) is 12.3 Å². The van der Waals surface area contributed by atoms with Gasteiger partial charge in [0.15, 0.2) is 12.8 Å². The summed E-state index contributed by atoms with van der Waals surface area (Å²) < 4.78 is 10.7. The fourth-order valence-corrected chi connectivity index (χ4v) is 2.13. The number of furan rings is 1. The lowest BCUT2D eigenvalue weighted by Gasteiger charge is -2.25. The molecule has 1 fully saturated rings. The van der Waals surface area contributed by atoms with Gasteiger partial charge in [0.2, 0.25) is 0 Å². The summed E-state index contributed by atoms with van der Waals surface area (Å²) in [5, 5.41) is 7.16. The third-order valence-corrected chi connectivity index (χ3v) is 3.17. The summed E-state index contributed by atoms with van der Waals surface area (Å²) in [6.07, 6.45) is -0.695. The van der Waals surface area contributed by atoms with Crippen LogP contribution in [0.4, 0.5) is 9.59 Å². The van der Waals surface area contributed by atoms with Crippen molar-refractivity contribution in [1.82, 2.24) is 16.0 Å². The Morgan fingerprint density at radius 2 is 2.09 bits per heavy atom. The van der Waals surface area contributed by atoms with E-state index >= 15 is 0 Å². The number of hydrogen-bond donors (Lipinski definition) is 3. The Kier molecular flexibility index (Phi) is 4.40. The average molecular weight is 320 g/mol. The highest BCUT2D eigenvalue weighted by Crippen LogP contribution is 2.24. The van der Waals surface area contributed by atoms with Crippen LogP contribution in [-0.4, -0.2) is 37.5 Å². The summed E-state index contributed by atoms with van der Waals surface area (Å²) in [6.45, 7) is 6.75. The number of imide groups is 1. The number of urea groups is 1. The van der Waals surface area contributed by atoms with Crippen LogP contribution >= 0.6 is 0 Å². The van der Waals surface area contributed by atoms with Crippen LogP contribution in [0, 0.1) is 0 Å². The molecule has 123 valence electrons. The molecule has 2 heterocycles. The van der Waals surface area contributed by atoms with E-state index in [4.69, 9.17) is 9.15 Å². The quantitative estimate of drug-likeness (QED) is 0.543. The lowest BCUT2D eigenvalue weighted by atomic mass is 9.79. The second-order valence-electron chi connectivity index (χ2n) is 6.16. The van der Waals surface area contributed by atoms with Crippen molar-refractivity contribution < 1.29 is 23.5 Å². The van der Waals surface area contributed by atoms with Crippen LogP contribution in [0.15, 0.2) is 16.5 Å². The number of rotatable bonds is 4. The molecule has 1 saturated heterocycles.